The lowest BCUT2D eigenvalue weighted by Gasteiger charge is -2.12. The largest absolute Gasteiger partial charge is 0.478 e. The maximum Gasteiger partial charge on any atom is 0.338 e. The molecule has 0 aliphatic heterocycles. The minimum absolute atomic E-state index is 0.0182. The predicted molar refractivity (Wildman–Crippen MR) is 71.6 cm³/mol. The molecule has 19 heavy (non-hydrogen) atoms. The number of anilines is 1. The van der Waals surface area contributed by atoms with Gasteiger partial charge in [-0.05, 0) is 37.1 Å². The van der Waals surface area contributed by atoms with Gasteiger partial charge in [0.1, 0.15) is 11.4 Å². The van der Waals surface area contributed by atoms with Crippen LogP contribution in [0.4, 0.5) is 5.69 Å². The Labute approximate surface area is 110 Å². The summed E-state index contributed by atoms with van der Waals surface area (Å²) in [7, 11) is 0. The zero-order valence-corrected chi connectivity index (χ0v) is 10.7. The molecule has 2 aromatic rings. The van der Waals surface area contributed by atoms with Crippen LogP contribution in [0.25, 0.3) is 0 Å². The number of benzene rings is 1. The fraction of sp³-hybridized carbons (Fsp3) is 0.143. The number of nitrogen functional groups attached to an aromatic ring is 1. The molecule has 98 valence electrons. The first kappa shape index (κ1) is 12.9. The number of rotatable bonds is 3. The highest BCUT2D eigenvalue weighted by Gasteiger charge is 2.14. The van der Waals surface area contributed by atoms with Gasteiger partial charge in [-0.15, -0.1) is 0 Å². The molecule has 1 heterocycles. The number of pyridine rings is 1. The van der Waals surface area contributed by atoms with Gasteiger partial charge in [0.15, 0.2) is 0 Å². The van der Waals surface area contributed by atoms with E-state index in [2.05, 4.69) is 4.98 Å². The van der Waals surface area contributed by atoms with E-state index in [0.717, 1.165) is 11.1 Å². The minimum Gasteiger partial charge on any atom is -0.478 e. The summed E-state index contributed by atoms with van der Waals surface area (Å²) in [4.78, 5) is 15.0. The Morgan fingerprint density at radius 3 is 2.74 bits per heavy atom. The third-order valence-electron chi connectivity index (χ3n) is 2.95. The molecule has 5 heteroatoms. The van der Waals surface area contributed by atoms with Gasteiger partial charge in [0.05, 0.1) is 5.56 Å². The van der Waals surface area contributed by atoms with Crippen molar-refractivity contribution >= 4 is 11.7 Å². The van der Waals surface area contributed by atoms with Gasteiger partial charge in [-0.1, -0.05) is 12.1 Å². The minimum atomic E-state index is -1.11. The number of hydrogen-bond acceptors (Lipinski definition) is 4. The van der Waals surface area contributed by atoms with Gasteiger partial charge in [0.2, 0.25) is 5.88 Å². The third kappa shape index (κ3) is 2.49. The van der Waals surface area contributed by atoms with Crippen molar-refractivity contribution in [3.05, 3.63) is 47.2 Å². The van der Waals surface area contributed by atoms with E-state index < -0.39 is 5.97 Å². The molecular formula is C14H14N2O3. The van der Waals surface area contributed by atoms with E-state index in [4.69, 9.17) is 15.6 Å². The van der Waals surface area contributed by atoms with Crippen LogP contribution in [0.2, 0.25) is 0 Å². The molecule has 0 bridgehead atoms. The Morgan fingerprint density at radius 1 is 1.32 bits per heavy atom. The highest BCUT2D eigenvalue weighted by molar-refractivity contribution is 5.94. The highest BCUT2D eigenvalue weighted by atomic mass is 16.5. The average Bonchev–Trinajstić information content (AvgIpc) is 2.37. The van der Waals surface area contributed by atoms with Crippen LogP contribution >= 0.6 is 0 Å². The third-order valence-corrected chi connectivity index (χ3v) is 2.95. The number of carboxylic acid groups (broad SMARTS) is 1. The quantitative estimate of drug-likeness (QED) is 0.884. The van der Waals surface area contributed by atoms with E-state index >= 15 is 0 Å². The molecule has 0 saturated heterocycles. The van der Waals surface area contributed by atoms with Crippen molar-refractivity contribution in [3.63, 3.8) is 0 Å². The first-order valence-corrected chi connectivity index (χ1v) is 5.72. The lowest BCUT2D eigenvalue weighted by atomic mass is 10.1. The molecule has 0 radical (unpaired) electrons. The van der Waals surface area contributed by atoms with Crippen molar-refractivity contribution in [2.24, 2.45) is 0 Å². The molecule has 3 N–H and O–H groups in total. The number of nitrogens with two attached hydrogens (primary N) is 1. The van der Waals surface area contributed by atoms with Crippen LogP contribution in [-0.2, 0) is 0 Å². The van der Waals surface area contributed by atoms with Crippen molar-refractivity contribution in [2.75, 3.05) is 5.73 Å². The topological polar surface area (TPSA) is 85.4 Å². The summed E-state index contributed by atoms with van der Waals surface area (Å²) in [6.45, 7) is 3.88. The number of hydrogen-bond donors (Lipinski definition) is 2. The second-order valence-corrected chi connectivity index (χ2v) is 4.18. The van der Waals surface area contributed by atoms with E-state index in [0.29, 0.717) is 5.75 Å². The molecule has 1 aromatic carbocycles. The van der Waals surface area contributed by atoms with Crippen LogP contribution in [-0.4, -0.2) is 16.1 Å². The standard InChI is InChI=1S/C14H14N2O3/c1-8-4-3-5-11(9(8)2)19-13-12(15)10(14(17)18)6-7-16-13/h3-7H,15H2,1-2H3,(H,17,18). The lowest BCUT2D eigenvalue weighted by Crippen LogP contribution is -2.05. The highest BCUT2D eigenvalue weighted by Crippen LogP contribution is 2.30. The van der Waals surface area contributed by atoms with E-state index in [-0.39, 0.29) is 17.1 Å². The SMILES string of the molecule is Cc1cccc(Oc2nccc(C(=O)O)c2N)c1C. The lowest BCUT2D eigenvalue weighted by molar-refractivity contribution is 0.0697. The Bertz CT molecular complexity index is 639. The van der Waals surface area contributed by atoms with Crippen molar-refractivity contribution in [3.8, 4) is 11.6 Å². The predicted octanol–water partition coefficient (Wildman–Crippen LogP) is 2.77. The van der Waals surface area contributed by atoms with Crippen LogP contribution in [0.1, 0.15) is 21.5 Å². The molecular weight excluding hydrogens is 244 g/mol. The van der Waals surface area contributed by atoms with Crippen LogP contribution < -0.4 is 10.5 Å². The number of aromatic nitrogens is 1. The number of ether oxygens (including phenoxy) is 1. The molecule has 5 nitrogen and oxygen atoms in total. The summed E-state index contributed by atoms with van der Waals surface area (Å²) in [5.74, 6) is -0.388. The monoisotopic (exact) mass is 258 g/mol. The Balaban J connectivity index is 2.42. The molecule has 0 atom stereocenters. The first-order valence-electron chi connectivity index (χ1n) is 5.72. The summed E-state index contributed by atoms with van der Waals surface area (Å²) in [6.07, 6.45) is 1.36. The molecule has 1 aromatic heterocycles. The first-order chi connectivity index (χ1) is 9.00. The Hall–Kier alpha value is -2.56. The fourth-order valence-corrected chi connectivity index (χ4v) is 1.66. The Kier molecular flexibility index (Phi) is 3.37. The van der Waals surface area contributed by atoms with Crippen LogP contribution in [0, 0.1) is 13.8 Å². The summed E-state index contributed by atoms with van der Waals surface area (Å²) < 4.78 is 5.61. The van der Waals surface area contributed by atoms with E-state index in [9.17, 15) is 4.79 Å². The summed E-state index contributed by atoms with van der Waals surface area (Å²) in [5, 5.41) is 8.99. The van der Waals surface area contributed by atoms with Crippen LogP contribution in [0.15, 0.2) is 30.5 Å². The van der Waals surface area contributed by atoms with Crippen molar-refractivity contribution < 1.29 is 14.6 Å². The molecule has 2 rings (SSSR count). The molecule has 0 unspecified atom stereocenters. The maximum atomic E-state index is 11.0. The molecule has 0 spiro atoms. The number of carboxylic acids is 1. The number of aryl methyl sites for hydroxylation is 1. The fourth-order valence-electron chi connectivity index (χ4n) is 1.66. The van der Waals surface area contributed by atoms with Crippen LogP contribution in [0.3, 0.4) is 0 Å². The summed E-state index contributed by atoms with van der Waals surface area (Å²) >= 11 is 0. The number of aromatic carboxylic acids is 1. The molecule has 0 fully saturated rings. The second-order valence-electron chi connectivity index (χ2n) is 4.18. The average molecular weight is 258 g/mol. The van der Waals surface area contributed by atoms with E-state index in [1.54, 1.807) is 6.07 Å². The summed E-state index contributed by atoms with van der Waals surface area (Å²) in [5.41, 5.74) is 7.79. The van der Waals surface area contributed by atoms with Gasteiger partial charge in [-0.3, -0.25) is 0 Å². The van der Waals surface area contributed by atoms with Crippen molar-refractivity contribution in [2.45, 2.75) is 13.8 Å². The Morgan fingerprint density at radius 2 is 2.05 bits per heavy atom. The van der Waals surface area contributed by atoms with Gasteiger partial charge in [-0.25, -0.2) is 9.78 Å². The molecule has 0 aliphatic carbocycles. The van der Waals surface area contributed by atoms with Gasteiger partial charge in [0.25, 0.3) is 0 Å². The zero-order chi connectivity index (χ0) is 14.0. The van der Waals surface area contributed by atoms with Crippen molar-refractivity contribution in [1.29, 1.82) is 0 Å². The van der Waals surface area contributed by atoms with Gasteiger partial charge in [0, 0.05) is 6.20 Å². The van der Waals surface area contributed by atoms with E-state index in [1.165, 1.54) is 12.3 Å². The van der Waals surface area contributed by atoms with E-state index in [1.807, 2.05) is 26.0 Å². The molecule has 0 saturated carbocycles. The second kappa shape index (κ2) is 4.97. The number of carbonyl (C=O) groups is 1. The van der Waals surface area contributed by atoms with Gasteiger partial charge in [-0.2, -0.15) is 0 Å². The molecule has 0 aliphatic rings. The number of nitrogens with zero attached hydrogens (tertiary/aromatic N) is 1. The smallest absolute Gasteiger partial charge is 0.338 e. The normalized spacial score (nSPS) is 10.2. The van der Waals surface area contributed by atoms with Crippen LogP contribution in [0.5, 0.6) is 11.6 Å². The summed E-state index contributed by atoms with van der Waals surface area (Å²) in [6, 6.07) is 6.95. The van der Waals surface area contributed by atoms with Gasteiger partial charge < -0.3 is 15.6 Å². The van der Waals surface area contributed by atoms with Crippen molar-refractivity contribution in [1.82, 2.24) is 4.98 Å². The zero-order valence-electron chi connectivity index (χ0n) is 10.7. The molecule has 0 amide bonds. The van der Waals surface area contributed by atoms with Gasteiger partial charge >= 0.3 is 5.97 Å². The maximum absolute atomic E-state index is 11.0.